The number of ether oxygens (including phenoxy) is 1. The first-order valence-corrected chi connectivity index (χ1v) is 6.01. The number of hydrogen-bond acceptors (Lipinski definition) is 3. The van der Waals surface area contributed by atoms with Crippen LogP contribution in [-0.2, 0) is 0 Å². The van der Waals surface area contributed by atoms with E-state index in [9.17, 15) is 18.0 Å². The van der Waals surface area contributed by atoms with Crippen molar-refractivity contribution in [1.82, 2.24) is 0 Å². The van der Waals surface area contributed by atoms with Crippen LogP contribution < -0.4 is 9.64 Å². The zero-order valence-corrected chi connectivity index (χ0v) is 11.2. The maximum absolute atomic E-state index is 12.6. The standard InChI is InChI=1S/C13H16F3NO3/c1-3-6-17(8-13(14,15)16)11-7-9(20-2)4-5-10(11)12(18)19/h4-5,7H,3,6,8H2,1-2H3,(H,18,19). The highest BCUT2D eigenvalue weighted by atomic mass is 19.4. The van der Waals surface area contributed by atoms with Gasteiger partial charge in [-0.05, 0) is 18.6 Å². The van der Waals surface area contributed by atoms with E-state index in [4.69, 9.17) is 9.84 Å². The maximum Gasteiger partial charge on any atom is 0.405 e. The molecule has 1 aromatic rings. The number of carbonyl (C=O) groups is 1. The molecule has 4 nitrogen and oxygen atoms in total. The van der Waals surface area contributed by atoms with Gasteiger partial charge in [-0.3, -0.25) is 0 Å². The Hall–Kier alpha value is -1.92. The van der Waals surface area contributed by atoms with Crippen LogP contribution in [0.1, 0.15) is 23.7 Å². The molecule has 0 aromatic heterocycles. The van der Waals surface area contributed by atoms with E-state index in [0.717, 1.165) is 4.90 Å². The average Bonchev–Trinajstić information content (AvgIpc) is 2.35. The molecule has 1 rings (SSSR count). The molecule has 0 aliphatic carbocycles. The predicted molar refractivity (Wildman–Crippen MR) is 68.5 cm³/mol. The lowest BCUT2D eigenvalue weighted by atomic mass is 10.1. The summed E-state index contributed by atoms with van der Waals surface area (Å²) in [4.78, 5) is 12.2. The largest absolute Gasteiger partial charge is 0.497 e. The number of hydrogen-bond donors (Lipinski definition) is 1. The Bertz CT molecular complexity index is 474. The normalized spacial score (nSPS) is 11.2. The number of carboxylic acid groups (broad SMARTS) is 1. The van der Waals surface area contributed by atoms with Crippen molar-refractivity contribution in [2.24, 2.45) is 0 Å². The molecule has 1 aromatic carbocycles. The lowest BCUT2D eigenvalue weighted by molar-refractivity contribution is -0.119. The van der Waals surface area contributed by atoms with Crippen molar-refractivity contribution >= 4 is 11.7 Å². The van der Waals surface area contributed by atoms with Gasteiger partial charge in [-0.15, -0.1) is 0 Å². The molecule has 0 atom stereocenters. The Morgan fingerprint density at radius 2 is 2.05 bits per heavy atom. The molecule has 0 fully saturated rings. The van der Waals surface area contributed by atoms with Crippen LogP contribution in [0.4, 0.5) is 18.9 Å². The second-order valence-electron chi connectivity index (χ2n) is 4.22. The minimum atomic E-state index is -4.41. The molecular formula is C13H16F3NO3. The first kappa shape index (κ1) is 16.1. The second-order valence-corrected chi connectivity index (χ2v) is 4.22. The van der Waals surface area contributed by atoms with Crippen LogP contribution in [0, 0.1) is 0 Å². The van der Waals surface area contributed by atoms with E-state index in [-0.39, 0.29) is 17.8 Å². The van der Waals surface area contributed by atoms with Crippen molar-refractivity contribution in [3.8, 4) is 5.75 Å². The van der Waals surface area contributed by atoms with Gasteiger partial charge in [0.15, 0.2) is 0 Å². The first-order chi connectivity index (χ1) is 9.28. The summed E-state index contributed by atoms with van der Waals surface area (Å²) < 4.78 is 42.8. The van der Waals surface area contributed by atoms with Crippen LogP contribution in [-0.4, -0.2) is 37.5 Å². The van der Waals surface area contributed by atoms with E-state index >= 15 is 0 Å². The average molecular weight is 291 g/mol. The van der Waals surface area contributed by atoms with Crippen molar-refractivity contribution in [3.63, 3.8) is 0 Å². The molecule has 0 spiro atoms. The summed E-state index contributed by atoms with van der Waals surface area (Å²) in [6, 6.07) is 3.96. The minimum Gasteiger partial charge on any atom is -0.497 e. The molecule has 20 heavy (non-hydrogen) atoms. The van der Waals surface area contributed by atoms with Crippen molar-refractivity contribution in [3.05, 3.63) is 23.8 Å². The summed E-state index contributed by atoms with van der Waals surface area (Å²) in [5.41, 5.74) is -0.167. The summed E-state index contributed by atoms with van der Waals surface area (Å²) in [6.45, 7) is 0.630. The van der Waals surface area contributed by atoms with Gasteiger partial charge < -0.3 is 14.7 Å². The third-order valence-electron chi connectivity index (χ3n) is 2.64. The van der Waals surface area contributed by atoms with Crippen molar-refractivity contribution in [1.29, 1.82) is 0 Å². The molecule has 0 saturated heterocycles. The quantitative estimate of drug-likeness (QED) is 0.874. The van der Waals surface area contributed by atoms with E-state index < -0.39 is 18.7 Å². The van der Waals surface area contributed by atoms with E-state index in [2.05, 4.69) is 0 Å². The number of benzene rings is 1. The Morgan fingerprint density at radius 3 is 2.50 bits per heavy atom. The van der Waals surface area contributed by atoms with E-state index in [1.54, 1.807) is 6.92 Å². The molecule has 0 bridgehead atoms. The zero-order valence-electron chi connectivity index (χ0n) is 11.2. The van der Waals surface area contributed by atoms with Crippen molar-refractivity contribution < 1.29 is 27.8 Å². The maximum atomic E-state index is 12.6. The van der Waals surface area contributed by atoms with Crippen LogP contribution in [0.5, 0.6) is 5.75 Å². The lowest BCUT2D eigenvalue weighted by Crippen LogP contribution is -2.35. The minimum absolute atomic E-state index is 0.0102. The molecule has 0 aliphatic rings. The molecule has 7 heteroatoms. The molecule has 0 amide bonds. The first-order valence-electron chi connectivity index (χ1n) is 6.01. The number of nitrogens with zero attached hydrogens (tertiary/aromatic N) is 1. The number of aromatic carboxylic acids is 1. The van der Waals surface area contributed by atoms with E-state index in [0.29, 0.717) is 12.2 Å². The highest BCUT2D eigenvalue weighted by molar-refractivity contribution is 5.94. The second kappa shape index (κ2) is 6.49. The fourth-order valence-corrected chi connectivity index (χ4v) is 1.85. The number of rotatable bonds is 6. The number of methoxy groups -OCH3 is 1. The number of carboxylic acids is 1. The third kappa shape index (κ3) is 4.32. The molecular weight excluding hydrogens is 275 g/mol. The van der Waals surface area contributed by atoms with Gasteiger partial charge in [-0.2, -0.15) is 13.2 Å². The fraction of sp³-hybridized carbons (Fsp3) is 0.462. The Labute approximate surface area is 114 Å². The van der Waals surface area contributed by atoms with E-state index in [1.165, 1.54) is 25.3 Å². The van der Waals surface area contributed by atoms with Crippen LogP contribution in [0.25, 0.3) is 0 Å². The van der Waals surface area contributed by atoms with Gasteiger partial charge in [-0.1, -0.05) is 6.92 Å². The summed E-state index contributed by atoms with van der Waals surface area (Å²) in [5.74, 6) is -0.959. The molecule has 112 valence electrons. The summed E-state index contributed by atoms with van der Waals surface area (Å²) >= 11 is 0. The Balaban J connectivity index is 3.25. The van der Waals surface area contributed by atoms with Crippen LogP contribution in [0.2, 0.25) is 0 Å². The third-order valence-corrected chi connectivity index (χ3v) is 2.64. The molecule has 0 heterocycles. The highest BCUT2D eigenvalue weighted by Crippen LogP contribution is 2.29. The number of alkyl halides is 3. The van der Waals surface area contributed by atoms with Crippen LogP contribution in [0.3, 0.4) is 0 Å². The van der Waals surface area contributed by atoms with Gasteiger partial charge in [0, 0.05) is 12.6 Å². The number of anilines is 1. The molecule has 0 aliphatic heterocycles. The SMILES string of the molecule is CCCN(CC(F)(F)F)c1cc(OC)ccc1C(=O)O. The summed E-state index contributed by atoms with van der Waals surface area (Å²) in [7, 11) is 1.37. The van der Waals surface area contributed by atoms with Crippen molar-refractivity contribution in [2.75, 3.05) is 25.1 Å². The van der Waals surface area contributed by atoms with Gasteiger partial charge in [0.05, 0.1) is 18.4 Å². The monoisotopic (exact) mass is 291 g/mol. The van der Waals surface area contributed by atoms with Crippen LogP contribution >= 0.6 is 0 Å². The van der Waals surface area contributed by atoms with Crippen molar-refractivity contribution in [2.45, 2.75) is 19.5 Å². The molecule has 0 radical (unpaired) electrons. The highest BCUT2D eigenvalue weighted by Gasteiger charge is 2.32. The van der Waals surface area contributed by atoms with Gasteiger partial charge in [-0.25, -0.2) is 4.79 Å². The van der Waals surface area contributed by atoms with Crippen LogP contribution in [0.15, 0.2) is 18.2 Å². The topological polar surface area (TPSA) is 49.8 Å². The molecule has 0 saturated carbocycles. The predicted octanol–water partition coefficient (Wildman–Crippen LogP) is 3.17. The summed E-state index contributed by atoms with van der Waals surface area (Å²) in [6.07, 6.45) is -3.94. The van der Waals surface area contributed by atoms with Gasteiger partial charge >= 0.3 is 12.1 Å². The fourth-order valence-electron chi connectivity index (χ4n) is 1.85. The summed E-state index contributed by atoms with van der Waals surface area (Å²) in [5, 5.41) is 9.10. The molecule has 1 N–H and O–H groups in total. The van der Waals surface area contributed by atoms with Gasteiger partial charge in [0.1, 0.15) is 12.3 Å². The van der Waals surface area contributed by atoms with Gasteiger partial charge in [0.2, 0.25) is 0 Å². The van der Waals surface area contributed by atoms with E-state index in [1.807, 2.05) is 0 Å². The Kier molecular flexibility index (Phi) is 5.24. The van der Waals surface area contributed by atoms with Gasteiger partial charge in [0.25, 0.3) is 0 Å². The lowest BCUT2D eigenvalue weighted by Gasteiger charge is -2.27. The molecule has 0 unspecified atom stereocenters. The number of halogens is 3. The zero-order chi connectivity index (χ0) is 15.3. The smallest absolute Gasteiger partial charge is 0.405 e. The Morgan fingerprint density at radius 1 is 1.40 bits per heavy atom.